The van der Waals surface area contributed by atoms with E-state index in [9.17, 15) is 20.2 Å². The molecule has 0 N–H and O–H groups in total. The Kier molecular flexibility index (Phi) is 3.27. The fraction of sp³-hybridized carbons (Fsp3) is 1.00. The molecule has 0 aliphatic carbocycles. The van der Waals surface area contributed by atoms with Crippen LogP contribution in [0, 0.1) is 25.6 Å². The Bertz CT molecular complexity index is 469. The summed E-state index contributed by atoms with van der Waals surface area (Å²) in [7, 11) is 0. The van der Waals surface area contributed by atoms with Crippen molar-refractivity contribution in [1.29, 1.82) is 0 Å². The summed E-state index contributed by atoms with van der Waals surface area (Å²) >= 11 is 0. The van der Waals surface area contributed by atoms with Gasteiger partial charge < -0.3 is 0 Å². The van der Waals surface area contributed by atoms with Crippen LogP contribution in [0.5, 0.6) is 0 Å². The van der Waals surface area contributed by atoms with Crippen LogP contribution in [0.2, 0.25) is 0 Å². The first kappa shape index (κ1) is 15.6. The molecule has 0 radical (unpaired) electrons. The molecule has 0 amide bonds. The molecule has 4 saturated heterocycles. The van der Waals surface area contributed by atoms with E-state index in [1.807, 2.05) is 9.80 Å². The van der Waals surface area contributed by atoms with Crippen LogP contribution in [0.25, 0.3) is 0 Å². The van der Waals surface area contributed by atoms with Crippen molar-refractivity contribution in [2.75, 3.05) is 26.2 Å². The van der Waals surface area contributed by atoms with E-state index < -0.39 is 16.5 Å². The molecular formula is C14H24N4O4. The summed E-state index contributed by atoms with van der Waals surface area (Å²) < 4.78 is 0. The van der Waals surface area contributed by atoms with Gasteiger partial charge in [-0.15, -0.1) is 0 Å². The van der Waals surface area contributed by atoms with Crippen LogP contribution >= 0.6 is 0 Å². The third-order valence-corrected chi connectivity index (χ3v) is 6.54. The minimum atomic E-state index is -1.25. The maximum Gasteiger partial charge on any atom is 0.259 e. The normalized spacial score (nSPS) is 45.0. The molecule has 8 heteroatoms. The van der Waals surface area contributed by atoms with Crippen LogP contribution in [-0.4, -0.2) is 63.1 Å². The van der Waals surface area contributed by atoms with Gasteiger partial charge in [-0.1, -0.05) is 19.8 Å². The van der Waals surface area contributed by atoms with E-state index in [4.69, 9.17) is 0 Å². The first-order chi connectivity index (χ1) is 10.2. The molecule has 124 valence electrons. The Labute approximate surface area is 129 Å². The largest absolute Gasteiger partial charge is 0.273 e. The second-order valence-electron chi connectivity index (χ2n) is 7.64. The van der Waals surface area contributed by atoms with Gasteiger partial charge in [0.2, 0.25) is 0 Å². The summed E-state index contributed by atoms with van der Waals surface area (Å²) in [4.78, 5) is 27.3. The van der Waals surface area contributed by atoms with E-state index in [2.05, 4.69) is 6.92 Å². The summed E-state index contributed by atoms with van der Waals surface area (Å²) in [5.74, 6) is 0. The van der Waals surface area contributed by atoms with Gasteiger partial charge in [0.05, 0.1) is 32.3 Å². The fourth-order valence-electron chi connectivity index (χ4n) is 4.87. The number of piperidine rings is 2. The molecular weight excluding hydrogens is 288 g/mol. The van der Waals surface area contributed by atoms with Gasteiger partial charge in [-0.2, -0.15) is 0 Å². The fourth-order valence-corrected chi connectivity index (χ4v) is 4.87. The maximum absolute atomic E-state index is 11.9. The number of nitrogens with zero attached hydrogens (tertiary/aromatic N) is 4. The van der Waals surface area contributed by atoms with Gasteiger partial charge in [0.1, 0.15) is 5.41 Å². The number of unbranched alkanes of at least 4 members (excludes halogenated alkanes) is 1. The molecule has 0 saturated carbocycles. The summed E-state index contributed by atoms with van der Waals surface area (Å²) in [5.41, 5.74) is -3.46. The molecule has 0 unspecified atom stereocenters. The zero-order valence-electron chi connectivity index (χ0n) is 13.4. The molecule has 0 aromatic rings. The lowest BCUT2D eigenvalue weighted by Gasteiger charge is -2.66. The predicted molar refractivity (Wildman–Crippen MR) is 79.7 cm³/mol. The summed E-state index contributed by atoms with van der Waals surface area (Å²) in [6, 6.07) is 0. The third-order valence-electron chi connectivity index (χ3n) is 6.54. The minimum absolute atomic E-state index is 0.122. The average molecular weight is 312 g/mol. The van der Waals surface area contributed by atoms with E-state index >= 15 is 0 Å². The van der Waals surface area contributed by atoms with E-state index in [0.717, 1.165) is 19.3 Å². The van der Waals surface area contributed by atoms with Crippen LogP contribution in [0.15, 0.2) is 0 Å². The summed E-state index contributed by atoms with van der Waals surface area (Å²) in [6.45, 7) is 6.86. The lowest BCUT2D eigenvalue weighted by Crippen LogP contribution is -2.90. The Balaban J connectivity index is 2.05. The Morgan fingerprint density at radius 3 is 1.73 bits per heavy atom. The lowest BCUT2D eigenvalue weighted by molar-refractivity contribution is -0.678. The molecule has 0 spiro atoms. The molecule has 0 aromatic carbocycles. The molecule has 4 rings (SSSR count). The molecule has 4 aliphatic heterocycles. The zero-order chi connectivity index (χ0) is 16.3. The molecule has 8 nitrogen and oxygen atoms in total. The molecule has 0 aromatic heterocycles. The number of hydrogen-bond donors (Lipinski definition) is 0. The van der Waals surface area contributed by atoms with Crippen molar-refractivity contribution >= 4 is 0 Å². The lowest BCUT2D eigenvalue weighted by atomic mass is 9.53. The van der Waals surface area contributed by atoms with Gasteiger partial charge in [-0.3, -0.25) is 30.0 Å². The Morgan fingerprint density at radius 1 is 1.00 bits per heavy atom. The second kappa shape index (κ2) is 4.61. The SMILES string of the molecule is CCCCC1N2CC3([N+](=O)[O-])CN1CC([N+](=O)[O-])(C2)C3(C)C. The number of rotatable bonds is 5. The van der Waals surface area contributed by atoms with Crippen molar-refractivity contribution in [3.05, 3.63) is 20.2 Å². The summed E-state index contributed by atoms with van der Waals surface area (Å²) in [5, 5.41) is 23.8. The van der Waals surface area contributed by atoms with Crippen molar-refractivity contribution in [2.45, 2.75) is 57.3 Å². The topological polar surface area (TPSA) is 92.8 Å². The average Bonchev–Trinajstić information content (AvgIpc) is 2.41. The standard InChI is InChI=1S/C14H24N4O4/c1-4-5-6-11-15-7-13(17(19)20)8-16(11)10-14(9-15,18(21)22)12(13,2)3/h11H,4-10H2,1-3H3. The highest BCUT2D eigenvalue weighted by Crippen LogP contribution is 2.56. The van der Waals surface area contributed by atoms with E-state index in [1.165, 1.54) is 0 Å². The second-order valence-corrected chi connectivity index (χ2v) is 7.64. The van der Waals surface area contributed by atoms with Gasteiger partial charge in [0.15, 0.2) is 0 Å². The summed E-state index contributed by atoms with van der Waals surface area (Å²) in [6.07, 6.45) is 3.15. The van der Waals surface area contributed by atoms with Crippen LogP contribution in [0.1, 0.15) is 40.0 Å². The molecule has 4 heterocycles. The van der Waals surface area contributed by atoms with Crippen LogP contribution in [0.3, 0.4) is 0 Å². The number of nitro groups is 2. The Hall–Kier alpha value is -1.28. The van der Waals surface area contributed by atoms with E-state index in [0.29, 0.717) is 26.2 Å². The van der Waals surface area contributed by atoms with Crippen molar-refractivity contribution in [1.82, 2.24) is 9.80 Å². The molecule has 4 fully saturated rings. The van der Waals surface area contributed by atoms with Gasteiger partial charge >= 0.3 is 0 Å². The smallest absolute Gasteiger partial charge is 0.259 e. The van der Waals surface area contributed by atoms with Gasteiger partial charge in [0, 0.05) is 9.85 Å². The quantitative estimate of drug-likeness (QED) is 0.559. The van der Waals surface area contributed by atoms with Crippen LogP contribution in [0.4, 0.5) is 0 Å². The van der Waals surface area contributed by atoms with Crippen molar-refractivity contribution in [3.8, 4) is 0 Å². The molecule has 4 bridgehead atoms. The highest BCUT2D eigenvalue weighted by Gasteiger charge is 2.81. The van der Waals surface area contributed by atoms with Crippen molar-refractivity contribution < 1.29 is 9.85 Å². The van der Waals surface area contributed by atoms with Gasteiger partial charge in [-0.25, -0.2) is 0 Å². The predicted octanol–water partition coefficient (Wildman–Crippen LogP) is 1.20. The minimum Gasteiger partial charge on any atom is -0.273 e. The first-order valence-corrected chi connectivity index (χ1v) is 7.99. The molecule has 22 heavy (non-hydrogen) atoms. The van der Waals surface area contributed by atoms with Crippen molar-refractivity contribution in [2.24, 2.45) is 5.41 Å². The van der Waals surface area contributed by atoms with E-state index in [1.54, 1.807) is 13.8 Å². The third kappa shape index (κ3) is 1.59. The number of hydrogen-bond acceptors (Lipinski definition) is 6. The first-order valence-electron chi connectivity index (χ1n) is 7.99. The molecule has 4 aliphatic rings. The highest BCUT2D eigenvalue weighted by atomic mass is 16.6. The highest BCUT2D eigenvalue weighted by molar-refractivity contribution is 5.21. The van der Waals surface area contributed by atoms with Crippen LogP contribution in [-0.2, 0) is 0 Å². The Morgan fingerprint density at radius 2 is 1.41 bits per heavy atom. The zero-order valence-corrected chi connectivity index (χ0v) is 13.4. The maximum atomic E-state index is 11.9. The van der Waals surface area contributed by atoms with Crippen molar-refractivity contribution in [3.63, 3.8) is 0 Å². The molecule has 0 atom stereocenters. The van der Waals surface area contributed by atoms with Gasteiger partial charge in [-0.05, 0) is 20.3 Å². The van der Waals surface area contributed by atoms with Gasteiger partial charge in [0.25, 0.3) is 11.1 Å². The monoisotopic (exact) mass is 312 g/mol. The van der Waals surface area contributed by atoms with E-state index in [-0.39, 0.29) is 16.0 Å². The van der Waals surface area contributed by atoms with Crippen LogP contribution < -0.4 is 0 Å².